The summed E-state index contributed by atoms with van der Waals surface area (Å²) in [7, 11) is 0. The topological polar surface area (TPSA) is 105 Å². The molecule has 10 heteroatoms. The van der Waals surface area contributed by atoms with Gasteiger partial charge in [0.05, 0.1) is 40.5 Å². The number of carboxylic acid groups (broad SMARTS) is 1. The fourth-order valence-corrected chi connectivity index (χ4v) is 5.83. The Morgan fingerprint density at radius 1 is 0.750 bits per heavy atom. The van der Waals surface area contributed by atoms with Gasteiger partial charge in [-0.25, -0.2) is 14.4 Å². The fourth-order valence-electron chi connectivity index (χ4n) is 5.83. The molecule has 1 N–H and O–H groups in total. The standard InChI is InChI=1S/C34H31N5O5/c1-2-36-28-19-11-12-20-29(28)39(27-18-10-9-17-26(27)31(36)40)34(44)37-22-21-35(23-30(37)32(41)42)33(43)38(24-13-5-3-6-14-24)25-15-7-4-8-16-25/h3-20,30H,2,21-23H2,1H3,(H,41,42)/t30-/m0/s1. The minimum absolute atomic E-state index is 0.0226. The lowest BCUT2D eigenvalue weighted by Crippen LogP contribution is -2.62. The van der Waals surface area contributed by atoms with Crippen LogP contribution in [0, 0.1) is 0 Å². The zero-order valence-corrected chi connectivity index (χ0v) is 24.1. The molecule has 4 aromatic rings. The van der Waals surface area contributed by atoms with Gasteiger partial charge in [-0.1, -0.05) is 60.7 Å². The Kier molecular flexibility index (Phi) is 7.72. The highest BCUT2D eigenvalue weighted by molar-refractivity contribution is 6.18. The van der Waals surface area contributed by atoms with Crippen LogP contribution in [0.5, 0.6) is 0 Å². The molecule has 0 spiro atoms. The van der Waals surface area contributed by atoms with Gasteiger partial charge in [0.2, 0.25) is 0 Å². The number of carbonyl (C=O) groups is 4. The molecule has 4 aromatic carbocycles. The molecule has 222 valence electrons. The van der Waals surface area contributed by atoms with Crippen molar-refractivity contribution in [1.82, 2.24) is 9.80 Å². The van der Waals surface area contributed by atoms with Crippen LogP contribution in [0.1, 0.15) is 17.3 Å². The van der Waals surface area contributed by atoms with Crippen LogP contribution in [0.15, 0.2) is 109 Å². The van der Waals surface area contributed by atoms with E-state index < -0.39 is 24.1 Å². The first kappa shape index (κ1) is 28.5. The van der Waals surface area contributed by atoms with Crippen molar-refractivity contribution in [2.24, 2.45) is 0 Å². The zero-order chi connectivity index (χ0) is 30.8. The lowest BCUT2D eigenvalue weighted by molar-refractivity contribution is -0.143. The minimum Gasteiger partial charge on any atom is -0.480 e. The molecule has 5 amide bonds. The summed E-state index contributed by atoms with van der Waals surface area (Å²) in [5.74, 6) is -1.48. The van der Waals surface area contributed by atoms with E-state index in [0.717, 1.165) is 0 Å². The zero-order valence-electron chi connectivity index (χ0n) is 24.1. The number of hydrogen-bond donors (Lipinski definition) is 1. The van der Waals surface area contributed by atoms with Gasteiger partial charge in [0.15, 0.2) is 0 Å². The number of carboxylic acids is 1. The first-order chi connectivity index (χ1) is 21.4. The molecule has 1 fully saturated rings. The summed E-state index contributed by atoms with van der Waals surface area (Å²) in [6.07, 6.45) is 0. The number of amides is 5. The number of aliphatic carboxylic acids is 1. The number of piperazine rings is 1. The van der Waals surface area contributed by atoms with Gasteiger partial charge in [-0.3, -0.25) is 14.6 Å². The highest BCUT2D eigenvalue weighted by atomic mass is 16.4. The van der Waals surface area contributed by atoms with Crippen molar-refractivity contribution in [2.45, 2.75) is 13.0 Å². The molecular weight excluding hydrogens is 558 g/mol. The third kappa shape index (κ3) is 5.00. The van der Waals surface area contributed by atoms with Crippen LogP contribution in [-0.2, 0) is 4.79 Å². The molecule has 2 heterocycles. The summed E-state index contributed by atoms with van der Waals surface area (Å²) in [4.78, 5) is 62.1. The van der Waals surface area contributed by atoms with Gasteiger partial charge in [0, 0.05) is 19.6 Å². The van der Waals surface area contributed by atoms with E-state index in [1.54, 1.807) is 58.3 Å². The van der Waals surface area contributed by atoms with Crippen LogP contribution >= 0.6 is 0 Å². The number of para-hydroxylation sites is 5. The number of hydrogen-bond acceptors (Lipinski definition) is 4. The molecule has 0 aromatic heterocycles. The highest BCUT2D eigenvalue weighted by Gasteiger charge is 2.43. The predicted octanol–water partition coefficient (Wildman–Crippen LogP) is 5.95. The fraction of sp³-hybridized carbons (Fsp3) is 0.176. The Bertz CT molecular complexity index is 1670. The molecule has 0 aliphatic carbocycles. The molecule has 2 aliphatic heterocycles. The second-order valence-electron chi connectivity index (χ2n) is 10.5. The number of nitrogens with zero attached hydrogens (tertiary/aromatic N) is 5. The van der Waals surface area contributed by atoms with E-state index in [9.17, 15) is 24.3 Å². The largest absolute Gasteiger partial charge is 0.480 e. The Hall–Kier alpha value is -5.64. The van der Waals surface area contributed by atoms with Gasteiger partial charge in [-0.05, 0) is 55.5 Å². The number of carbonyl (C=O) groups excluding carboxylic acids is 3. The van der Waals surface area contributed by atoms with Crippen molar-refractivity contribution >= 4 is 52.4 Å². The SMILES string of the molecule is CCN1C(=O)c2ccccc2N(C(=O)N2CCN(C(=O)N(c3ccccc3)c3ccccc3)C[C@H]2C(=O)O)c2ccccc21. The molecule has 0 saturated carbocycles. The Labute approximate surface area is 254 Å². The van der Waals surface area contributed by atoms with Crippen molar-refractivity contribution in [2.75, 3.05) is 40.9 Å². The minimum atomic E-state index is -1.32. The Morgan fingerprint density at radius 3 is 1.89 bits per heavy atom. The van der Waals surface area contributed by atoms with Crippen LogP contribution in [0.2, 0.25) is 0 Å². The van der Waals surface area contributed by atoms with Gasteiger partial charge < -0.3 is 19.8 Å². The quantitative estimate of drug-likeness (QED) is 0.317. The number of fused-ring (bicyclic) bond motifs is 2. The summed E-state index contributed by atoms with van der Waals surface area (Å²) in [5.41, 5.74) is 2.99. The normalized spacial score (nSPS) is 16.1. The molecule has 2 aliphatic rings. The van der Waals surface area contributed by atoms with E-state index in [4.69, 9.17) is 0 Å². The Morgan fingerprint density at radius 2 is 1.30 bits per heavy atom. The van der Waals surface area contributed by atoms with Crippen molar-refractivity contribution in [3.05, 3.63) is 115 Å². The van der Waals surface area contributed by atoms with E-state index in [0.29, 0.717) is 40.5 Å². The third-order valence-electron chi connectivity index (χ3n) is 7.94. The van der Waals surface area contributed by atoms with E-state index in [-0.39, 0.29) is 25.5 Å². The van der Waals surface area contributed by atoms with E-state index in [2.05, 4.69) is 0 Å². The monoisotopic (exact) mass is 589 g/mol. The number of benzene rings is 4. The molecule has 0 unspecified atom stereocenters. The van der Waals surface area contributed by atoms with Gasteiger partial charge in [-0.2, -0.15) is 0 Å². The molecule has 1 saturated heterocycles. The summed E-state index contributed by atoms with van der Waals surface area (Å²) in [5, 5.41) is 10.4. The Balaban J connectivity index is 1.35. The molecule has 44 heavy (non-hydrogen) atoms. The molecule has 0 bridgehead atoms. The smallest absolute Gasteiger partial charge is 0.330 e. The van der Waals surface area contributed by atoms with Crippen molar-refractivity contribution in [3.63, 3.8) is 0 Å². The van der Waals surface area contributed by atoms with Gasteiger partial charge in [-0.15, -0.1) is 0 Å². The lowest BCUT2D eigenvalue weighted by atomic mass is 10.1. The summed E-state index contributed by atoms with van der Waals surface area (Å²) in [6, 6.07) is 29.9. The van der Waals surface area contributed by atoms with Crippen molar-refractivity contribution in [3.8, 4) is 0 Å². The summed E-state index contributed by atoms with van der Waals surface area (Å²) < 4.78 is 0. The van der Waals surface area contributed by atoms with E-state index in [1.807, 2.05) is 67.6 Å². The molecular formula is C34H31N5O5. The average molecular weight is 590 g/mol. The van der Waals surface area contributed by atoms with Crippen LogP contribution in [0.3, 0.4) is 0 Å². The van der Waals surface area contributed by atoms with Gasteiger partial charge >= 0.3 is 18.0 Å². The van der Waals surface area contributed by atoms with Crippen LogP contribution in [0.25, 0.3) is 0 Å². The lowest BCUT2D eigenvalue weighted by Gasteiger charge is -2.42. The average Bonchev–Trinajstić information content (AvgIpc) is 3.17. The van der Waals surface area contributed by atoms with Crippen LogP contribution in [-0.4, -0.2) is 71.1 Å². The van der Waals surface area contributed by atoms with Crippen molar-refractivity contribution < 1.29 is 24.3 Å². The first-order valence-electron chi connectivity index (χ1n) is 14.4. The van der Waals surface area contributed by atoms with E-state index in [1.165, 1.54) is 14.7 Å². The summed E-state index contributed by atoms with van der Waals surface area (Å²) in [6.45, 7) is 2.11. The second-order valence-corrected chi connectivity index (χ2v) is 10.5. The maximum absolute atomic E-state index is 14.4. The summed E-state index contributed by atoms with van der Waals surface area (Å²) >= 11 is 0. The molecule has 10 nitrogen and oxygen atoms in total. The molecule has 6 rings (SSSR count). The number of rotatable bonds is 4. The maximum Gasteiger partial charge on any atom is 0.330 e. The van der Waals surface area contributed by atoms with Crippen LogP contribution in [0.4, 0.5) is 38.0 Å². The maximum atomic E-state index is 14.4. The molecule has 1 atom stereocenters. The van der Waals surface area contributed by atoms with Crippen LogP contribution < -0.4 is 14.7 Å². The highest BCUT2D eigenvalue weighted by Crippen LogP contribution is 2.41. The number of anilines is 5. The molecule has 0 radical (unpaired) electrons. The third-order valence-corrected chi connectivity index (χ3v) is 7.94. The second kappa shape index (κ2) is 11.9. The van der Waals surface area contributed by atoms with Gasteiger partial charge in [0.1, 0.15) is 6.04 Å². The predicted molar refractivity (Wildman–Crippen MR) is 168 cm³/mol. The van der Waals surface area contributed by atoms with Crippen molar-refractivity contribution in [1.29, 1.82) is 0 Å². The number of urea groups is 2. The first-order valence-corrected chi connectivity index (χ1v) is 14.4. The van der Waals surface area contributed by atoms with E-state index >= 15 is 0 Å². The van der Waals surface area contributed by atoms with Gasteiger partial charge in [0.25, 0.3) is 5.91 Å².